The predicted molar refractivity (Wildman–Crippen MR) is 62.7 cm³/mol. The van der Waals surface area contributed by atoms with E-state index in [2.05, 4.69) is 20.8 Å². The maximum absolute atomic E-state index is 5.74. The highest BCUT2D eigenvalue weighted by atomic mass is 79.9. The smallest absolute Gasteiger partial charge is 0.136 e. The van der Waals surface area contributed by atoms with E-state index in [4.69, 9.17) is 14.9 Å². The summed E-state index contributed by atoms with van der Waals surface area (Å²) >= 11 is 3.44. The molecule has 0 bridgehead atoms. The van der Waals surface area contributed by atoms with Crippen LogP contribution in [0.1, 0.15) is 11.8 Å². The van der Waals surface area contributed by atoms with Crippen molar-refractivity contribution in [2.75, 3.05) is 33.9 Å². The summed E-state index contributed by atoms with van der Waals surface area (Å²) in [6.07, 6.45) is 1.66. The highest BCUT2D eigenvalue weighted by Crippen LogP contribution is 2.27. The molecule has 0 aromatic carbocycles. The van der Waals surface area contributed by atoms with E-state index < -0.39 is 0 Å². The molecule has 0 saturated heterocycles. The number of methoxy groups -OCH3 is 1. The molecule has 0 spiro atoms. The summed E-state index contributed by atoms with van der Waals surface area (Å²) in [6.45, 7) is 2.03. The van der Waals surface area contributed by atoms with Gasteiger partial charge in [-0.05, 0) is 29.0 Å². The number of nitrogens with two attached hydrogens (primary N) is 1. The minimum atomic E-state index is 0.0875. The molecule has 0 aliphatic rings. The van der Waals surface area contributed by atoms with Gasteiger partial charge in [0.15, 0.2) is 0 Å². The summed E-state index contributed by atoms with van der Waals surface area (Å²) in [7, 11) is 3.69. The zero-order valence-electron chi connectivity index (χ0n) is 9.07. The molecule has 1 rings (SSSR count). The topological polar surface area (TPSA) is 51.6 Å². The Morgan fingerprint density at radius 3 is 2.87 bits per heavy atom. The fourth-order valence-corrected chi connectivity index (χ4v) is 1.89. The van der Waals surface area contributed by atoms with Crippen LogP contribution < -0.4 is 5.73 Å². The lowest BCUT2D eigenvalue weighted by molar-refractivity contribution is 0.132. The fraction of sp³-hybridized carbons (Fsp3) is 0.600. The standard InChI is InChI=1S/C10H17BrN2O2/c1-13(4-6-14-2)9(7-12)10-8(11)3-5-15-10/h3,5,9H,4,6-7,12H2,1-2H3. The first-order valence-corrected chi connectivity index (χ1v) is 5.62. The van der Waals surface area contributed by atoms with Gasteiger partial charge in [-0.1, -0.05) is 0 Å². The van der Waals surface area contributed by atoms with Gasteiger partial charge in [0.05, 0.1) is 23.4 Å². The van der Waals surface area contributed by atoms with Crippen LogP contribution in [0.3, 0.4) is 0 Å². The number of hydrogen-bond donors (Lipinski definition) is 1. The minimum absolute atomic E-state index is 0.0875. The molecular formula is C10H17BrN2O2. The van der Waals surface area contributed by atoms with Crippen LogP contribution in [0.4, 0.5) is 0 Å². The summed E-state index contributed by atoms with van der Waals surface area (Å²) in [4.78, 5) is 2.12. The van der Waals surface area contributed by atoms with E-state index in [-0.39, 0.29) is 6.04 Å². The van der Waals surface area contributed by atoms with E-state index in [1.807, 2.05) is 13.1 Å². The number of hydrogen-bond acceptors (Lipinski definition) is 4. The van der Waals surface area contributed by atoms with Crippen molar-refractivity contribution in [3.8, 4) is 0 Å². The Kier molecular flexibility index (Phi) is 5.31. The van der Waals surface area contributed by atoms with E-state index in [9.17, 15) is 0 Å². The molecule has 0 aliphatic heterocycles. The van der Waals surface area contributed by atoms with Gasteiger partial charge in [-0.2, -0.15) is 0 Å². The molecule has 5 heteroatoms. The minimum Gasteiger partial charge on any atom is -0.466 e. The highest BCUT2D eigenvalue weighted by Gasteiger charge is 2.20. The number of nitrogens with zero attached hydrogens (tertiary/aromatic N) is 1. The summed E-state index contributed by atoms with van der Waals surface area (Å²) in [5.41, 5.74) is 5.74. The maximum atomic E-state index is 5.74. The Morgan fingerprint density at radius 2 is 2.40 bits per heavy atom. The zero-order chi connectivity index (χ0) is 11.3. The molecule has 1 aromatic heterocycles. The maximum Gasteiger partial charge on any atom is 0.136 e. The molecule has 0 aliphatic carbocycles. The average molecular weight is 277 g/mol. The Labute approximate surface area is 98.5 Å². The second kappa shape index (κ2) is 6.27. The van der Waals surface area contributed by atoms with Crippen LogP contribution in [-0.4, -0.2) is 38.8 Å². The molecule has 1 heterocycles. The zero-order valence-corrected chi connectivity index (χ0v) is 10.7. The predicted octanol–water partition coefficient (Wildman–Crippen LogP) is 1.62. The third kappa shape index (κ3) is 3.31. The van der Waals surface area contributed by atoms with Gasteiger partial charge < -0.3 is 14.9 Å². The van der Waals surface area contributed by atoms with Crippen molar-refractivity contribution in [2.24, 2.45) is 5.73 Å². The molecule has 1 unspecified atom stereocenters. The molecular weight excluding hydrogens is 260 g/mol. The van der Waals surface area contributed by atoms with Crippen molar-refractivity contribution < 1.29 is 9.15 Å². The lowest BCUT2D eigenvalue weighted by Gasteiger charge is -2.25. The Morgan fingerprint density at radius 1 is 1.67 bits per heavy atom. The number of furan rings is 1. The van der Waals surface area contributed by atoms with E-state index in [1.165, 1.54) is 0 Å². The van der Waals surface area contributed by atoms with Crippen molar-refractivity contribution in [3.63, 3.8) is 0 Å². The van der Waals surface area contributed by atoms with Crippen molar-refractivity contribution in [3.05, 3.63) is 22.6 Å². The van der Waals surface area contributed by atoms with Gasteiger partial charge in [0.25, 0.3) is 0 Å². The molecule has 15 heavy (non-hydrogen) atoms. The van der Waals surface area contributed by atoms with E-state index >= 15 is 0 Å². The highest BCUT2D eigenvalue weighted by molar-refractivity contribution is 9.10. The first kappa shape index (κ1) is 12.7. The van der Waals surface area contributed by atoms with Gasteiger partial charge in [0.1, 0.15) is 5.76 Å². The van der Waals surface area contributed by atoms with E-state index in [0.29, 0.717) is 13.2 Å². The van der Waals surface area contributed by atoms with Gasteiger partial charge in [-0.3, -0.25) is 4.90 Å². The Balaban J connectivity index is 2.67. The largest absolute Gasteiger partial charge is 0.466 e. The Bertz CT molecular complexity index is 291. The van der Waals surface area contributed by atoms with Gasteiger partial charge in [0, 0.05) is 20.2 Å². The first-order chi connectivity index (χ1) is 7.20. The number of likely N-dealkylation sites (N-methyl/N-ethyl adjacent to an activating group) is 1. The van der Waals surface area contributed by atoms with Crippen LogP contribution >= 0.6 is 15.9 Å². The molecule has 86 valence electrons. The summed E-state index contributed by atoms with van der Waals surface area (Å²) in [5.74, 6) is 0.871. The monoisotopic (exact) mass is 276 g/mol. The number of ether oxygens (including phenoxy) is 1. The SMILES string of the molecule is COCCN(C)C(CN)c1occc1Br. The van der Waals surface area contributed by atoms with E-state index in [1.54, 1.807) is 13.4 Å². The molecule has 1 aromatic rings. The van der Waals surface area contributed by atoms with Crippen molar-refractivity contribution in [2.45, 2.75) is 6.04 Å². The van der Waals surface area contributed by atoms with Crippen LogP contribution in [0.5, 0.6) is 0 Å². The van der Waals surface area contributed by atoms with Crippen molar-refractivity contribution in [1.82, 2.24) is 4.90 Å². The van der Waals surface area contributed by atoms with E-state index in [0.717, 1.165) is 16.8 Å². The normalized spacial score (nSPS) is 13.4. The molecule has 0 saturated carbocycles. The average Bonchev–Trinajstić information content (AvgIpc) is 2.63. The van der Waals surface area contributed by atoms with Crippen LogP contribution in [0.15, 0.2) is 21.2 Å². The Hall–Kier alpha value is -0.360. The summed E-state index contributed by atoms with van der Waals surface area (Å²) in [6, 6.07) is 1.96. The third-order valence-electron chi connectivity index (χ3n) is 2.35. The molecule has 4 nitrogen and oxygen atoms in total. The van der Waals surface area contributed by atoms with Crippen LogP contribution in [0.2, 0.25) is 0 Å². The quantitative estimate of drug-likeness (QED) is 0.858. The van der Waals surface area contributed by atoms with Crippen molar-refractivity contribution >= 4 is 15.9 Å². The molecule has 0 amide bonds. The second-order valence-electron chi connectivity index (χ2n) is 3.36. The first-order valence-electron chi connectivity index (χ1n) is 4.82. The van der Waals surface area contributed by atoms with Crippen LogP contribution in [-0.2, 0) is 4.74 Å². The lowest BCUT2D eigenvalue weighted by Crippen LogP contribution is -2.32. The summed E-state index contributed by atoms with van der Waals surface area (Å²) < 4.78 is 11.4. The number of rotatable bonds is 6. The van der Waals surface area contributed by atoms with Crippen LogP contribution in [0.25, 0.3) is 0 Å². The second-order valence-corrected chi connectivity index (χ2v) is 4.21. The molecule has 0 fully saturated rings. The van der Waals surface area contributed by atoms with Crippen LogP contribution in [0, 0.1) is 0 Å². The van der Waals surface area contributed by atoms with Gasteiger partial charge >= 0.3 is 0 Å². The van der Waals surface area contributed by atoms with Gasteiger partial charge in [-0.25, -0.2) is 0 Å². The number of halogens is 1. The third-order valence-corrected chi connectivity index (χ3v) is 3.01. The van der Waals surface area contributed by atoms with Gasteiger partial charge in [-0.15, -0.1) is 0 Å². The lowest BCUT2D eigenvalue weighted by atomic mass is 10.2. The summed E-state index contributed by atoms with van der Waals surface area (Å²) in [5, 5.41) is 0. The molecule has 0 radical (unpaired) electrons. The van der Waals surface area contributed by atoms with Gasteiger partial charge in [0.2, 0.25) is 0 Å². The molecule has 1 atom stereocenters. The fourth-order valence-electron chi connectivity index (χ4n) is 1.42. The molecule has 2 N–H and O–H groups in total. The van der Waals surface area contributed by atoms with Crippen molar-refractivity contribution in [1.29, 1.82) is 0 Å².